The molecule has 1 fully saturated rings. The van der Waals surface area contributed by atoms with Crippen molar-refractivity contribution in [1.29, 1.82) is 0 Å². The van der Waals surface area contributed by atoms with Crippen LogP contribution in [0.4, 0.5) is 0 Å². The van der Waals surface area contributed by atoms with Gasteiger partial charge in [-0.05, 0) is 27.9 Å². The summed E-state index contributed by atoms with van der Waals surface area (Å²) < 4.78 is 12.6. The Morgan fingerprint density at radius 1 is 0.882 bits per heavy atom. The first kappa shape index (κ1) is 24.4. The predicted molar refractivity (Wildman–Crippen MR) is 140 cm³/mol. The van der Waals surface area contributed by atoms with Crippen molar-refractivity contribution in [3.05, 3.63) is 96.6 Å². The zero-order valence-corrected chi connectivity index (χ0v) is 21.7. The second-order valence-corrected chi connectivity index (χ2v) is 14.6. The molecule has 3 aromatic carbocycles. The van der Waals surface area contributed by atoms with Gasteiger partial charge in [0.15, 0.2) is 0 Å². The van der Waals surface area contributed by atoms with Crippen molar-refractivity contribution in [3.63, 3.8) is 0 Å². The van der Waals surface area contributed by atoms with Crippen molar-refractivity contribution in [1.82, 2.24) is 4.90 Å². The first-order valence-corrected chi connectivity index (χ1v) is 13.9. The molecule has 178 valence electrons. The van der Waals surface area contributed by atoms with Crippen LogP contribution >= 0.6 is 0 Å². The van der Waals surface area contributed by atoms with E-state index >= 15 is 0 Å². The Bertz CT molecular complexity index is 1040. The highest BCUT2D eigenvalue weighted by atomic mass is 28.4. The average Bonchev–Trinajstić information content (AvgIpc) is 3.52. The number of carbonyl (C=O) groups excluding carboxylic acids is 1. The highest BCUT2D eigenvalue weighted by Gasteiger charge is 2.56. The number of hydrogen-bond acceptors (Lipinski definition) is 4. The Morgan fingerprint density at radius 2 is 1.38 bits per heavy atom. The molecule has 0 saturated carbocycles. The number of esters is 1. The van der Waals surface area contributed by atoms with E-state index in [0.717, 1.165) is 5.56 Å². The van der Waals surface area contributed by atoms with Crippen molar-refractivity contribution in [3.8, 4) is 0 Å². The van der Waals surface area contributed by atoms with Crippen LogP contribution in [0.15, 0.2) is 91.0 Å². The number of hydrogen-bond donors (Lipinski definition) is 0. The number of benzene rings is 3. The average molecular weight is 474 g/mol. The van der Waals surface area contributed by atoms with Crippen LogP contribution in [0.25, 0.3) is 0 Å². The molecule has 0 aliphatic carbocycles. The van der Waals surface area contributed by atoms with Crippen LogP contribution in [0.3, 0.4) is 0 Å². The van der Waals surface area contributed by atoms with Crippen molar-refractivity contribution >= 4 is 24.7 Å². The summed E-state index contributed by atoms with van der Waals surface area (Å²) in [5, 5.41) is 2.47. The van der Waals surface area contributed by atoms with E-state index in [9.17, 15) is 4.79 Å². The maximum absolute atomic E-state index is 12.8. The Hall–Kier alpha value is -2.73. The minimum absolute atomic E-state index is 0.0630. The zero-order chi connectivity index (χ0) is 24.2. The van der Waals surface area contributed by atoms with Gasteiger partial charge in [-0.15, -0.1) is 0 Å². The Labute approximate surface area is 204 Å². The molecule has 1 aliphatic rings. The van der Waals surface area contributed by atoms with Gasteiger partial charge in [0.2, 0.25) is 0 Å². The monoisotopic (exact) mass is 473 g/mol. The summed E-state index contributed by atoms with van der Waals surface area (Å²) in [5.41, 5.74) is 0.436. The van der Waals surface area contributed by atoms with E-state index in [0.29, 0.717) is 26.3 Å². The summed E-state index contributed by atoms with van der Waals surface area (Å²) in [7, 11) is -2.56. The number of ether oxygens (including phenoxy) is 1. The van der Waals surface area contributed by atoms with E-state index in [-0.39, 0.29) is 11.0 Å². The highest BCUT2D eigenvalue weighted by Crippen LogP contribution is 2.38. The van der Waals surface area contributed by atoms with Crippen molar-refractivity contribution in [2.45, 2.75) is 44.9 Å². The molecule has 4 nitrogen and oxygen atoms in total. The third-order valence-corrected chi connectivity index (χ3v) is 11.9. The van der Waals surface area contributed by atoms with E-state index in [1.54, 1.807) is 0 Å². The Morgan fingerprint density at radius 3 is 1.88 bits per heavy atom. The van der Waals surface area contributed by atoms with E-state index in [4.69, 9.17) is 9.16 Å². The fraction of sp³-hybridized carbons (Fsp3) is 0.345. The van der Waals surface area contributed by atoms with Gasteiger partial charge in [-0.2, -0.15) is 0 Å². The van der Waals surface area contributed by atoms with Gasteiger partial charge in [-0.1, -0.05) is 112 Å². The standard InChI is InChI=1S/C29H35NO3Si/c1-28(2,3)34(25-16-10-6-11-17-25,26-18-12-7-13-19-26)33-21-20-30-23-29(30,4)27(31)32-22-24-14-8-5-9-15-24/h5-19H,20-23H2,1-4H3/t29?,30-/m0/s1. The molecular weight excluding hydrogens is 438 g/mol. The molecule has 1 saturated heterocycles. The van der Waals surface area contributed by atoms with E-state index in [1.807, 2.05) is 37.3 Å². The smallest absolute Gasteiger partial charge is 0.327 e. The van der Waals surface area contributed by atoms with Crippen LogP contribution in [-0.2, 0) is 20.6 Å². The van der Waals surface area contributed by atoms with Gasteiger partial charge in [-0.3, -0.25) is 4.90 Å². The zero-order valence-electron chi connectivity index (χ0n) is 20.7. The van der Waals surface area contributed by atoms with Crippen LogP contribution in [-0.4, -0.2) is 44.4 Å². The van der Waals surface area contributed by atoms with Gasteiger partial charge in [-0.25, -0.2) is 4.79 Å². The van der Waals surface area contributed by atoms with Crippen LogP contribution in [0.1, 0.15) is 33.3 Å². The molecule has 0 amide bonds. The SMILES string of the molecule is CC1(C(=O)OCc2ccccc2)C[N@]1CCO[Si](c1ccccc1)(c1ccccc1)C(C)(C)C. The predicted octanol–water partition coefficient (Wildman–Crippen LogP) is 4.38. The lowest BCUT2D eigenvalue weighted by Gasteiger charge is -2.43. The van der Waals surface area contributed by atoms with Crippen LogP contribution in [0, 0.1) is 0 Å². The van der Waals surface area contributed by atoms with Gasteiger partial charge in [0.1, 0.15) is 12.1 Å². The molecule has 34 heavy (non-hydrogen) atoms. The molecule has 1 aliphatic heterocycles. The second-order valence-electron chi connectivity index (χ2n) is 10.3. The fourth-order valence-electron chi connectivity index (χ4n) is 4.80. The van der Waals surface area contributed by atoms with Crippen LogP contribution in [0.2, 0.25) is 5.04 Å². The Balaban J connectivity index is 1.45. The quantitative estimate of drug-likeness (QED) is 0.263. The summed E-state index contributed by atoms with van der Waals surface area (Å²) in [6.07, 6.45) is 0. The van der Waals surface area contributed by atoms with E-state index < -0.39 is 13.9 Å². The van der Waals surface area contributed by atoms with Gasteiger partial charge in [0.05, 0.1) is 0 Å². The first-order valence-electron chi connectivity index (χ1n) is 12.0. The molecule has 0 bridgehead atoms. The topological polar surface area (TPSA) is 38.5 Å². The lowest BCUT2D eigenvalue weighted by atomic mass is 10.2. The largest absolute Gasteiger partial charge is 0.459 e. The molecule has 5 heteroatoms. The third-order valence-electron chi connectivity index (χ3n) is 6.84. The molecule has 2 atom stereocenters. The molecule has 0 radical (unpaired) electrons. The second kappa shape index (κ2) is 9.86. The number of rotatable bonds is 9. The number of carbonyl (C=O) groups is 1. The van der Waals surface area contributed by atoms with E-state index in [2.05, 4.69) is 86.3 Å². The summed E-state index contributed by atoms with van der Waals surface area (Å²) >= 11 is 0. The first-order chi connectivity index (χ1) is 16.3. The normalized spacial score (nSPS) is 20.1. The summed E-state index contributed by atoms with van der Waals surface area (Å²) in [6, 6.07) is 31.1. The van der Waals surface area contributed by atoms with Crippen molar-refractivity contribution in [2.75, 3.05) is 19.7 Å². The third kappa shape index (κ3) is 4.87. The van der Waals surface area contributed by atoms with E-state index in [1.165, 1.54) is 10.4 Å². The molecule has 4 rings (SSSR count). The maximum Gasteiger partial charge on any atom is 0.327 e. The molecule has 1 unspecified atom stereocenters. The molecular formula is C29H35NO3Si. The minimum Gasteiger partial charge on any atom is -0.459 e. The molecule has 0 spiro atoms. The Kier molecular flexibility index (Phi) is 7.08. The van der Waals surface area contributed by atoms with Gasteiger partial charge < -0.3 is 9.16 Å². The molecule has 0 aromatic heterocycles. The minimum atomic E-state index is -2.56. The lowest BCUT2D eigenvalue weighted by Crippen LogP contribution is -2.66. The highest BCUT2D eigenvalue weighted by molar-refractivity contribution is 6.99. The van der Waals surface area contributed by atoms with Crippen LogP contribution in [0.5, 0.6) is 0 Å². The van der Waals surface area contributed by atoms with Crippen LogP contribution < -0.4 is 10.4 Å². The summed E-state index contributed by atoms with van der Waals surface area (Å²) in [5.74, 6) is -0.165. The summed E-state index contributed by atoms with van der Waals surface area (Å²) in [4.78, 5) is 14.9. The summed E-state index contributed by atoms with van der Waals surface area (Å²) in [6.45, 7) is 11.1. The maximum atomic E-state index is 12.8. The van der Waals surface area contributed by atoms with Gasteiger partial charge >= 0.3 is 5.97 Å². The molecule has 1 heterocycles. The van der Waals surface area contributed by atoms with Crippen molar-refractivity contribution < 1.29 is 14.0 Å². The fourth-order valence-corrected chi connectivity index (χ4v) is 9.36. The lowest BCUT2D eigenvalue weighted by molar-refractivity contribution is -0.148. The number of nitrogens with zero attached hydrogens (tertiary/aromatic N) is 1. The van der Waals surface area contributed by atoms with Gasteiger partial charge in [0.25, 0.3) is 8.32 Å². The molecule has 0 N–H and O–H groups in total. The van der Waals surface area contributed by atoms with Crippen molar-refractivity contribution in [2.24, 2.45) is 0 Å². The van der Waals surface area contributed by atoms with Gasteiger partial charge in [0, 0.05) is 19.7 Å². The molecule has 3 aromatic rings.